The highest BCUT2D eigenvalue weighted by molar-refractivity contribution is 7.91. The largest absolute Gasteiger partial charge is 0.395 e. The van der Waals surface area contributed by atoms with Crippen LogP contribution in [0.5, 0.6) is 0 Å². The second kappa shape index (κ2) is 6.87. The Morgan fingerprint density at radius 2 is 1.70 bits per heavy atom. The molecule has 7 heteroatoms. The smallest absolute Gasteiger partial charge is 0.222 e. The maximum Gasteiger partial charge on any atom is 0.222 e. The van der Waals surface area contributed by atoms with E-state index in [-0.39, 0.29) is 29.9 Å². The van der Waals surface area contributed by atoms with Crippen molar-refractivity contribution >= 4 is 15.7 Å². The van der Waals surface area contributed by atoms with Gasteiger partial charge < -0.3 is 10.0 Å². The molecule has 2 heterocycles. The highest BCUT2D eigenvalue weighted by Gasteiger charge is 2.28. The molecule has 0 atom stereocenters. The van der Waals surface area contributed by atoms with Gasteiger partial charge in [-0.15, -0.1) is 0 Å². The fourth-order valence-electron chi connectivity index (χ4n) is 2.88. The zero-order chi connectivity index (χ0) is 14.6. The van der Waals surface area contributed by atoms with Crippen LogP contribution in [0.3, 0.4) is 0 Å². The summed E-state index contributed by atoms with van der Waals surface area (Å²) >= 11 is 0. The van der Waals surface area contributed by atoms with Crippen LogP contribution in [0.1, 0.15) is 19.3 Å². The predicted molar refractivity (Wildman–Crippen MR) is 76.1 cm³/mol. The fourth-order valence-corrected chi connectivity index (χ4v) is 4.47. The summed E-state index contributed by atoms with van der Waals surface area (Å²) < 4.78 is 22.7. The van der Waals surface area contributed by atoms with Crippen LogP contribution >= 0.6 is 0 Å². The third-order valence-electron chi connectivity index (χ3n) is 4.28. The number of hydrogen-bond acceptors (Lipinski definition) is 5. The molecule has 2 rings (SSSR count). The molecule has 2 aliphatic heterocycles. The van der Waals surface area contributed by atoms with Crippen LogP contribution in [0.2, 0.25) is 0 Å². The molecule has 1 N–H and O–H groups in total. The Hall–Kier alpha value is -0.660. The molecule has 2 aliphatic rings. The van der Waals surface area contributed by atoms with Crippen LogP contribution < -0.4 is 0 Å². The number of aliphatic hydroxyl groups excluding tert-OH is 1. The summed E-state index contributed by atoms with van der Waals surface area (Å²) in [5.41, 5.74) is 0. The number of β-amino-alcohol motifs (C(OH)–C–C–N with tert-alkyl or cyclic N) is 1. The van der Waals surface area contributed by atoms with E-state index in [1.807, 2.05) is 4.90 Å². The van der Waals surface area contributed by atoms with Crippen molar-refractivity contribution in [3.05, 3.63) is 0 Å². The van der Waals surface area contributed by atoms with Crippen molar-refractivity contribution in [2.75, 3.05) is 50.8 Å². The van der Waals surface area contributed by atoms with Crippen molar-refractivity contribution in [1.82, 2.24) is 9.80 Å². The average Bonchev–Trinajstić information content (AvgIpc) is 2.42. The van der Waals surface area contributed by atoms with Gasteiger partial charge in [0.2, 0.25) is 5.91 Å². The van der Waals surface area contributed by atoms with Gasteiger partial charge in [0, 0.05) is 39.1 Å². The minimum Gasteiger partial charge on any atom is -0.395 e. The number of rotatable bonds is 4. The third kappa shape index (κ3) is 4.43. The molecule has 20 heavy (non-hydrogen) atoms. The summed E-state index contributed by atoms with van der Waals surface area (Å²) in [5.74, 6) is 0.837. The number of aliphatic hydroxyl groups is 1. The minimum absolute atomic E-state index is 0.151. The summed E-state index contributed by atoms with van der Waals surface area (Å²) in [6.07, 6.45) is 1.73. The summed E-state index contributed by atoms with van der Waals surface area (Å²) in [5, 5.41) is 8.88. The lowest BCUT2D eigenvalue weighted by Gasteiger charge is -2.35. The van der Waals surface area contributed by atoms with E-state index >= 15 is 0 Å². The Morgan fingerprint density at radius 3 is 2.25 bits per heavy atom. The van der Waals surface area contributed by atoms with E-state index in [4.69, 9.17) is 5.11 Å². The molecule has 2 saturated heterocycles. The van der Waals surface area contributed by atoms with Gasteiger partial charge in [0.1, 0.15) is 9.84 Å². The van der Waals surface area contributed by atoms with Crippen LogP contribution in [-0.2, 0) is 14.6 Å². The van der Waals surface area contributed by atoms with Gasteiger partial charge in [-0.1, -0.05) is 0 Å². The van der Waals surface area contributed by atoms with Crippen LogP contribution in [0.25, 0.3) is 0 Å². The number of carbonyl (C=O) groups excluding carboxylic acids is 1. The molecule has 0 spiro atoms. The van der Waals surface area contributed by atoms with Crippen molar-refractivity contribution in [2.45, 2.75) is 19.3 Å². The number of sulfone groups is 1. The Kier molecular flexibility index (Phi) is 5.40. The normalized spacial score (nSPS) is 24.8. The van der Waals surface area contributed by atoms with Crippen LogP contribution in [-0.4, -0.2) is 80.1 Å². The molecule has 6 nitrogen and oxygen atoms in total. The molecule has 116 valence electrons. The molecule has 0 aromatic carbocycles. The van der Waals surface area contributed by atoms with Gasteiger partial charge in [-0.05, 0) is 18.8 Å². The fraction of sp³-hybridized carbons (Fsp3) is 0.923. The molecule has 0 bridgehead atoms. The van der Waals surface area contributed by atoms with Crippen LogP contribution in [0.4, 0.5) is 0 Å². The van der Waals surface area contributed by atoms with E-state index < -0.39 is 9.84 Å². The molecule has 2 fully saturated rings. The first-order valence-electron chi connectivity index (χ1n) is 7.31. The van der Waals surface area contributed by atoms with Gasteiger partial charge in [0.05, 0.1) is 18.1 Å². The third-order valence-corrected chi connectivity index (χ3v) is 5.99. The standard InChI is InChI=1S/C13H24N2O4S/c16-8-7-14-3-5-15(6-4-14)13(17)11-12-1-9-20(18,19)10-2-12/h12,16H,1-11H2. The maximum absolute atomic E-state index is 12.2. The summed E-state index contributed by atoms with van der Waals surface area (Å²) in [7, 11) is -2.85. The van der Waals surface area contributed by atoms with E-state index in [1.165, 1.54) is 0 Å². The van der Waals surface area contributed by atoms with E-state index in [1.54, 1.807) is 0 Å². The first kappa shape index (κ1) is 15.7. The minimum atomic E-state index is -2.85. The first-order valence-corrected chi connectivity index (χ1v) is 9.14. The topological polar surface area (TPSA) is 77.9 Å². The lowest BCUT2D eigenvalue weighted by molar-refractivity contribution is -0.134. The average molecular weight is 304 g/mol. The second-order valence-corrected chi connectivity index (χ2v) is 8.05. The van der Waals surface area contributed by atoms with Gasteiger partial charge in [-0.25, -0.2) is 8.42 Å². The SMILES string of the molecule is O=C(CC1CCS(=O)(=O)CC1)N1CCN(CCO)CC1. The number of hydrogen-bond donors (Lipinski definition) is 1. The Balaban J connectivity index is 1.73. The maximum atomic E-state index is 12.2. The molecule has 0 radical (unpaired) electrons. The van der Waals surface area contributed by atoms with Gasteiger partial charge in [0.15, 0.2) is 0 Å². The zero-order valence-corrected chi connectivity index (χ0v) is 12.6. The van der Waals surface area contributed by atoms with Crippen molar-refractivity contribution in [2.24, 2.45) is 5.92 Å². The molecule has 0 aliphatic carbocycles. The van der Waals surface area contributed by atoms with Crippen molar-refractivity contribution in [3.8, 4) is 0 Å². The van der Waals surface area contributed by atoms with E-state index in [0.29, 0.717) is 38.9 Å². The molecule has 0 unspecified atom stereocenters. The Labute approximate surface area is 120 Å². The molecular formula is C13H24N2O4S. The molecule has 0 aromatic heterocycles. The number of nitrogens with zero attached hydrogens (tertiary/aromatic N) is 2. The van der Waals surface area contributed by atoms with E-state index in [9.17, 15) is 13.2 Å². The lowest BCUT2D eigenvalue weighted by Crippen LogP contribution is -2.49. The van der Waals surface area contributed by atoms with Gasteiger partial charge >= 0.3 is 0 Å². The molecular weight excluding hydrogens is 280 g/mol. The van der Waals surface area contributed by atoms with Gasteiger partial charge in [0.25, 0.3) is 0 Å². The predicted octanol–water partition coefficient (Wildman–Crippen LogP) is -0.662. The highest BCUT2D eigenvalue weighted by atomic mass is 32.2. The van der Waals surface area contributed by atoms with Crippen molar-refractivity contribution in [1.29, 1.82) is 0 Å². The van der Waals surface area contributed by atoms with Gasteiger partial charge in [-0.2, -0.15) is 0 Å². The zero-order valence-electron chi connectivity index (χ0n) is 11.8. The summed E-state index contributed by atoms with van der Waals surface area (Å²) in [4.78, 5) is 16.2. The van der Waals surface area contributed by atoms with Gasteiger partial charge in [-0.3, -0.25) is 9.69 Å². The second-order valence-electron chi connectivity index (χ2n) is 5.75. The van der Waals surface area contributed by atoms with Crippen LogP contribution in [0, 0.1) is 5.92 Å². The lowest BCUT2D eigenvalue weighted by atomic mass is 9.98. The van der Waals surface area contributed by atoms with Crippen LogP contribution in [0.15, 0.2) is 0 Å². The summed E-state index contributed by atoms with van der Waals surface area (Å²) in [6, 6.07) is 0. The highest BCUT2D eigenvalue weighted by Crippen LogP contribution is 2.23. The monoisotopic (exact) mass is 304 g/mol. The van der Waals surface area contributed by atoms with Crippen molar-refractivity contribution < 1.29 is 18.3 Å². The number of amides is 1. The molecule has 1 amide bonds. The quantitative estimate of drug-likeness (QED) is 0.746. The number of carbonyl (C=O) groups is 1. The molecule has 0 aromatic rings. The van der Waals surface area contributed by atoms with E-state index in [0.717, 1.165) is 13.1 Å². The number of piperazine rings is 1. The van der Waals surface area contributed by atoms with Crippen molar-refractivity contribution in [3.63, 3.8) is 0 Å². The first-order chi connectivity index (χ1) is 9.50. The Bertz CT molecular complexity index is 416. The van der Waals surface area contributed by atoms with E-state index in [2.05, 4.69) is 4.90 Å². The summed E-state index contributed by atoms with van der Waals surface area (Å²) in [6.45, 7) is 3.87. The molecule has 0 saturated carbocycles. The Morgan fingerprint density at radius 1 is 1.10 bits per heavy atom.